The Bertz CT molecular complexity index is 391. The fraction of sp³-hybridized carbons (Fsp3) is 0.500. The molecule has 0 radical (unpaired) electrons. The molecule has 1 N–H and O–H groups in total. The zero-order valence-electron chi connectivity index (χ0n) is 9.80. The van der Waals surface area contributed by atoms with Crippen LogP contribution in [0.3, 0.4) is 0 Å². The zero-order chi connectivity index (χ0) is 12.3. The van der Waals surface area contributed by atoms with E-state index in [-0.39, 0.29) is 12.1 Å². The number of nitrogens with zero attached hydrogens (tertiary/aromatic N) is 2. The second kappa shape index (κ2) is 5.25. The van der Waals surface area contributed by atoms with E-state index >= 15 is 0 Å². The van der Waals surface area contributed by atoms with E-state index in [4.69, 9.17) is 0 Å². The number of hydrogen-bond acceptors (Lipinski definition) is 5. The van der Waals surface area contributed by atoms with Crippen LogP contribution in [-0.4, -0.2) is 47.3 Å². The van der Waals surface area contributed by atoms with Gasteiger partial charge in [0.1, 0.15) is 0 Å². The molecule has 1 fully saturated rings. The molecule has 1 saturated heterocycles. The highest BCUT2D eigenvalue weighted by Crippen LogP contribution is 2.12. The number of carbonyl (C=O) groups excluding carboxylic acids is 1. The van der Waals surface area contributed by atoms with Gasteiger partial charge in [-0.15, -0.1) is 0 Å². The Morgan fingerprint density at radius 3 is 3.00 bits per heavy atom. The van der Waals surface area contributed by atoms with E-state index in [0.29, 0.717) is 18.7 Å². The Hall–Kier alpha value is -1.46. The third-order valence-electron chi connectivity index (χ3n) is 2.88. The molecule has 92 valence electrons. The van der Waals surface area contributed by atoms with Gasteiger partial charge in [-0.05, 0) is 18.6 Å². The Morgan fingerprint density at radius 2 is 2.47 bits per heavy atom. The first-order valence-corrected chi connectivity index (χ1v) is 5.62. The number of ether oxygens (including phenoxy) is 1. The molecule has 0 aromatic carbocycles. The van der Waals surface area contributed by atoms with Gasteiger partial charge in [0.05, 0.1) is 24.5 Å². The standard InChI is InChI=1S/C12H16N2O3/c1-17-12(16)9-2-3-10(13-6-9)7-14-5-4-11(15)8-14/h2-3,6,11,15H,4-5,7-8H2,1H3/t11-/m0/s1. The summed E-state index contributed by atoms with van der Waals surface area (Å²) < 4.78 is 4.60. The number of likely N-dealkylation sites (tertiary alicyclic amines) is 1. The second-order valence-corrected chi connectivity index (χ2v) is 4.21. The number of pyridine rings is 1. The number of aromatic nitrogens is 1. The summed E-state index contributed by atoms with van der Waals surface area (Å²) in [5, 5.41) is 9.40. The lowest BCUT2D eigenvalue weighted by Crippen LogP contribution is -2.22. The van der Waals surface area contributed by atoms with Crippen LogP contribution >= 0.6 is 0 Å². The maximum Gasteiger partial charge on any atom is 0.339 e. The van der Waals surface area contributed by atoms with Gasteiger partial charge < -0.3 is 9.84 Å². The summed E-state index contributed by atoms with van der Waals surface area (Å²) in [5.74, 6) is -0.374. The van der Waals surface area contributed by atoms with Crippen LogP contribution in [0.2, 0.25) is 0 Å². The van der Waals surface area contributed by atoms with E-state index in [1.54, 1.807) is 6.07 Å². The number of esters is 1. The highest BCUT2D eigenvalue weighted by molar-refractivity contribution is 5.88. The number of β-amino-alcohol motifs (C(OH)–C–C–N with tert-alkyl or cyclic N) is 1. The number of carbonyl (C=O) groups is 1. The normalized spacial score (nSPS) is 20.5. The summed E-state index contributed by atoms with van der Waals surface area (Å²) in [7, 11) is 1.35. The lowest BCUT2D eigenvalue weighted by Gasteiger charge is -2.13. The Labute approximate surface area is 100 Å². The molecule has 1 atom stereocenters. The van der Waals surface area contributed by atoms with Crippen molar-refractivity contribution < 1.29 is 14.6 Å². The summed E-state index contributed by atoms with van der Waals surface area (Å²) in [6, 6.07) is 3.53. The molecule has 0 aliphatic carbocycles. The van der Waals surface area contributed by atoms with Crippen molar-refractivity contribution >= 4 is 5.97 Å². The molecule has 1 aromatic rings. The van der Waals surface area contributed by atoms with Crippen molar-refractivity contribution in [2.45, 2.75) is 19.1 Å². The van der Waals surface area contributed by atoms with Gasteiger partial charge in [-0.1, -0.05) is 0 Å². The molecule has 1 aromatic heterocycles. The first kappa shape index (κ1) is 12.0. The summed E-state index contributed by atoms with van der Waals surface area (Å²) >= 11 is 0. The Morgan fingerprint density at radius 1 is 1.65 bits per heavy atom. The van der Waals surface area contributed by atoms with E-state index in [9.17, 15) is 9.90 Å². The average molecular weight is 236 g/mol. The minimum atomic E-state index is -0.374. The van der Waals surface area contributed by atoms with Crippen LogP contribution in [0, 0.1) is 0 Å². The van der Waals surface area contributed by atoms with E-state index in [1.807, 2.05) is 6.07 Å². The van der Waals surface area contributed by atoms with Crippen LogP contribution in [0.15, 0.2) is 18.3 Å². The summed E-state index contributed by atoms with van der Waals surface area (Å²) in [5.41, 5.74) is 1.35. The number of aliphatic hydroxyl groups is 1. The molecule has 5 nitrogen and oxygen atoms in total. The van der Waals surface area contributed by atoms with Crippen LogP contribution < -0.4 is 0 Å². The molecular formula is C12H16N2O3. The summed E-state index contributed by atoms with van der Waals surface area (Å²) in [6.45, 7) is 2.29. The zero-order valence-corrected chi connectivity index (χ0v) is 9.80. The van der Waals surface area contributed by atoms with Gasteiger partial charge >= 0.3 is 5.97 Å². The van der Waals surface area contributed by atoms with Crippen molar-refractivity contribution in [3.05, 3.63) is 29.6 Å². The topological polar surface area (TPSA) is 62.7 Å². The molecule has 0 unspecified atom stereocenters. The molecule has 17 heavy (non-hydrogen) atoms. The van der Waals surface area contributed by atoms with Crippen molar-refractivity contribution in [2.75, 3.05) is 20.2 Å². The van der Waals surface area contributed by atoms with Crippen LogP contribution in [0.1, 0.15) is 22.5 Å². The molecule has 2 rings (SSSR count). The summed E-state index contributed by atoms with van der Waals surface area (Å²) in [4.78, 5) is 17.6. The van der Waals surface area contributed by atoms with Crippen LogP contribution in [0.5, 0.6) is 0 Å². The molecule has 0 bridgehead atoms. The molecule has 2 heterocycles. The SMILES string of the molecule is COC(=O)c1ccc(CN2CC[C@H](O)C2)nc1. The number of aliphatic hydroxyl groups excluding tert-OH is 1. The molecule has 5 heteroatoms. The minimum absolute atomic E-state index is 0.218. The maximum atomic E-state index is 11.2. The van der Waals surface area contributed by atoms with Crippen molar-refractivity contribution in [1.29, 1.82) is 0 Å². The van der Waals surface area contributed by atoms with E-state index in [1.165, 1.54) is 13.3 Å². The highest BCUT2D eigenvalue weighted by Gasteiger charge is 2.20. The predicted octanol–water partition coefficient (Wildman–Crippen LogP) is 0.435. The van der Waals surface area contributed by atoms with Gasteiger partial charge in [0.2, 0.25) is 0 Å². The summed E-state index contributed by atoms with van der Waals surface area (Å²) in [6.07, 6.45) is 2.12. The fourth-order valence-electron chi connectivity index (χ4n) is 1.94. The highest BCUT2D eigenvalue weighted by atomic mass is 16.5. The fourth-order valence-corrected chi connectivity index (χ4v) is 1.94. The molecule has 0 saturated carbocycles. The largest absolute Gasteiger partial charge is 0.465 e. The smallest absolute Gasteiger partial charge is 0.339 e. The van der Waals surface area contributed by atoms with Gasteiger partial charge in [-0.25, -0.2) is 4.79 Å². The number of hydrogen-bond donors (Lipinski definition) is 1. The lowest BCUT2D eigenvalue weighted by molar-refractivity contribution is 0.0600. The Kier molecular flexibility index (Phi) is 3.71. The third-order valence-corrected chi connectivity index (χ3v) is 2.88. The molecule has 0 spiro atoms. The van der Waals surface area contributed by atoms with E-state index < -0.39 is 0 Å². The predicted molar refractivity (Wildman–Crippen MR) is 61.5 cm³/mol. The van der Waals surface area contributed by atoms with Crippen molar-refractivity contribution in [3.63, 3.8) is 0 Å². The van der Waals surface area contributed by atoms with Gasteiger partial charge in [0.15, 0.2) is 0 Å². The molecule has 1 aliphatic heterocycles. The minimum Gasteiger partial charge on any atom is -0.465 e. The van der Waals surface area contributed by atoms with Crippen LogP contribution in [-0.2, 0) is 11.3 Å². The van der Waals surface area contributed by atoms with E-state index in [0.717, 1.165) is 18.7 Å². The van der Waals surface area contributed by atoms with Crippen LogP contribution in [0.25, 0.3) is 0 Å². The first-order valence-electron chi connectivity index (χ1n) is 5.62. The van der Waals surface area contributed by atoms with Crippen LogP contribution in [0.4, 0.5) is 0 Å². The quantitative estimate of drug-likeness (QED) is 0.771. The maximum absolute atomic E-state index is 11.2. The van der Waals surface area contributed by atoms with Crippen molar-refractivity contribution in [3.8, 4) is 0 Å². The average Bonchev–Trinajstić information content (AvgIpc) is 2.75. The molecule has 0 amide bonds. The second-order valence-electron chi connectivity index (χ2n) is 4.21. The molecular weight excluding hydrogens is 220 g/mol. The Balaban J connectivity index is 1.96. The molecule has 1 aliphatic rings. The first-order chi connectivity index (χ1) is 8.19. The monoisotopic (exact) mass is 236 g/mol. The van der Waals surface area contributed by atoms with Crippen molar-refractivity contribution in [2.24, 2.45) is 0 Å². The van der Waals surface area contributed by atoms with Gasteiger partial charge in [-0.3, -0.25) is 9.88 Å². The number of methoxy groups -OCH3 is 1. The van der Waals surface area contributed by atoms with Gasteiger partial charge in [0, 0.05) is 25.8 Å². The third kappa shape index (κ3) is 3.01. The van der Waals surface area contributed by atoms with E-state index in [2.05, 4.69) is 14.6 Å². The van der Waals surface area contributed by atoms with Crippen molar-refractivity contribution in [1.82, 2.24) is 9.88 Å². The lowest BCUT2D eigenvalue weighted by atomic mass is 10.2. The number of rotatable bonds is 3. The van der Waals surface area contributed by atoms with Gasteiger partial charge in [0.25, 0.3) is 0 Å². The van der Waals surface area contributed by atoms with Gasteiger partial charge in [-0.2, -0.15) is 0 Å².